The maximum absolute atomic E-state index is 15.0. The molecule has 34 heavy (non-hydrogen) atoms. The highest BCUT2D eigenvalue weighted by atomic mass is 35.5. The van der Waals surface area contributed by atoms with Gasteiger partial charge in [0.15, 0.2) is 0 Å². The van der Waals surface area contributed by atoms with Gasteiger partial charge in [-0.25, -0.2) is 9.18 Å². The SMILES string of the molecule is COc1cccc([C@@H](C)NC(C)c2cc(-c3ccc(C(=O)O)cc3F)c3ccccc3c2)c1.Cl. The van der Waals surface area contributed by atoms with Crippen molar-refractivity contribution in [1.29, 1.82) is 0 Å². The second-order valence-electron chi connectivity index (χ2n) is 8.18. The molecule has 4 nitrogen and oxygen atoms in total. The zero-order valence-corrected chi connectivity index (χ0v) is 20.0. The second-order valence-corrected chi connectivity index (χ2v) is 8.18. The Balaban J connectivity index is 0.00000324. The van der Waals surface area contributed by atoms with Crippen LogP contribution < -0.4 is 10.1 Å². The lowest BCUT2D eigenvalue weighted by Gasteiger charge is -2.22. The van der Waals surface area contributed by atoms with Crippen LogP contribution in [0.2, 0.25) is 0 Å². The normalized spacial score (nSPS) is 12.6. The number of rotatable bonds is 7. The molecule has 0 aromatic heterocycles. The Morgan fingerprint density at radius 3 is 2.32 bits per heavy atom. The summed E-state index contributed by atoms with van der Waals surface area (Å²) in [6.45, 7) is 4.17. The molecular weight excluding hydrogens is 453 g/mol. The van der Waals surface area contributed by atoms with E-state index in [0.717, 1.165) is 39.3 Å². The van der Waals surface area contributed by atoms with Crippen molar-refractivity contribution < 1.29 is 19.0 Å². The van der Waals surface area contributed by atoms with E-state index in [1.807, 2.05) is 48.5 Å². The molecule has 4 aromatic rings. The van der Waals surface area contributed by atoms with Gasteiger partial charge in [0.25, 0.3) is 0 Å². The van der Waals surface area contributed by atoms with Gasteiger partial charge in [0.1, 0.15) is 11.6 Å². The van der Waals surface area contributed by atoms with Crippen molar-refractivity contribution >= 4 is 29.1 Å². The number of carboxylic acid groups (broad SMARTS) is 1. The molecule has 0 amide bonds. The summed E-state index contributed by atoms with van der Waals surface area (Å²) in [6.07, 6.45) is 0. The van der Waals surface area contributed by atoms with Crippen molar-refractivity contribution in [3.63, 3.8) is 0 Å². The van der Waals surface area contributed by atoms with Crippen LogP contribution in [0.15, 0.2) is 78.9 Å². The first-order valence-electron chi connectivity index (χ1n) is 10.8. The lowest BCUT2D eigenvalue weighted by molar-refractivity contribution is 0.0696. The second kappa shape index (κ2) is 10.7. The molecule has 0 saturated heterocycles. The fourth-order valence-electron chi connectivity index (χ4n) is 4.15. The quantitative estimate of drug-likeness (QED) is 0.294. The van der Waals surface area contributed by atoms with Gasteiger partial charge in [-0.3, -0.25) is 0 Å². The highest BCUT2D eigenvalue weighted by Gasteiger charge is 2.17. The summed E-state index contributed by atoms with van der Waals surface area (Å²) in [4.78, 5) is 11.2. The molecule has 0 bridgehead atoms. The number of fused-ring (bicyclic) bond motifs is 1. The van der Waals surface area contributed by atoms with Crippen LogP contribution in [-0.4, -0.2) is 18.2 Å². The molecule has 2 N–H and O–H groups in total. The first-order chi connectivity index (χ1) is 15.9. The van der Waals surface area contributed by atoms with E-state index in [2.05, 4.69) is 31.3 Å². The number of hydrogen-bond donors (Lipinski definition) is 2. The Bertz CT molecular complexity index is 1320. The lowest BCUT2D eigenvalue weighted by atomic mass is 9.92. The van der Waals surface area contributed by atoms with Crippen molar-refractivity contribution in [3.05, 3.63) is 101 Å². The molecule has 0 radical (unpaired) electrons. The third kappa shape index (κ3) is 5.22. The van der Waals surface area contributed by atoms with Gasteiger partial charge >= 0.3 is 5.97 Å². The summed E-state index contributed by atoms with van der Waals surface area (Å²) in [6, 6.07) is 24.0. The van der Waals surface area contributed by atoms with Crippen molar-refractivity contribution in [2.24, 2.45) is 0 Å². The van der Waals surface area contributed by atoms with E-state index < -0.39 is 11.8 Å². The predicted molar refractivity (Wildman–Crippen MR) is 137 cm³/mol. The Morgan fingerprint density at radius 1 is 0.882 bits per heavy atom. The number of aromatic carboxylic acids is 1. The number of ether oxygens (including phenoxy) is 1. The maximum atomic E-state index is 15.0. The summed E-state index contributed by atoms with van der Waals surface area (Å²) in [5.41, 5.74) is 3.17. The number of carboxylic acids is 1. The Kier molecular flexibility index (Phi) is 7.92. The van der Waals surface area contributed by atoms with Gasteiger partial charge in [0.2, 0.25) is 0 Å². The molecule has 1 unspecified atom stereocenters. The van der Waals surface area contributed by atoms with Crippen molar-refractivity contribution in [2.45, 2.75) is 25.9 Å². The zero-order chi connectivity index (χ0) is 23.5. The van der Waals surface area contributed by atoms with E-state index in [1.54, 1.807) is 13.2 Å². The average molecular weight is 480 g/mol. The van der Waals surface area contributed by atoms with Crippen LogP contribution in [0, 0.1) is 5.82 Å². The molecule has 0 fully saturated rings. The first-order valence-corrected chi connectivity index (χ1v) is 10.8. The van der Waals surface area contributed by atoms with Crippen LogP contribution in [0.1, 0.15) is 47.4 Å². The molecule has 2 atom stereocenters. The van der Waals surface area contributed by atoms with E-state index in [1.165, 1.54) is 6.07 Å². The van der Waals surface area contributed by atoms with Crippen LogP contribution in [-0.2, 0) is 0 Å². The standard InChI is InChI=1S/C28H26FNO3.ClH/c1-17(19-8-6-9-23(14-19)33-3)30-18(2)22-13-20-7-4-5-10-24(20)26(15-22)25-12-11-21(28(31)32)16-27(25)29;/h4-18,30H,1-3H3,(H,31,32);1H/t17-,18?;/m1./s1. The Morgan fingerprint density at radius 2 is 1.62 bits per heavy atom. The first kappa shape index (κ1) is 25.2. The summed E-state index contributed by atoms with van der Waals surface area (Å²) in [5, 5.41) is 14.7. The molecule has 176 valence electrons. The Hall–Kier alpha value is -3.41. The molecule has 0 aliphatic rings. The highest BCUT2D eigenvalue weighted by Crippen LogP contribution is 2.34. The number of benzene rings is 4. The highest BCUT2D eigenvalue weighted by molar-refractivity contribution is 5.98. The maximum Gasteiger partial charge on any atom is 0.335 e. The summed E-state index contributed by atoms with van der Waals surface area (Å²) in [5.74, 6) is -0.895. The van der Waals surface area contributed by atoms with Crippen LogP contribution in [0.4, 0.5) is 4.39 Å². The van der Waals surface area contributed by atoms with Crippen LogP contribution in [0.25, 0.3) is 21.9 Å². The third-order valence-electron chi connectivity index (χ3n) is 5.98. The summed E-state index contributed by atoms with van der Waals surface area (Å²) >= 11 is 0. The van der Waals surface area contributed by atoms with Crippen LogP contribution in [0.5, 0.6) is 5.75 Å². The molecule has 0 aliphatic carbocycles. The largest absolute Gasteiger partial charge is 0.497 e. The number of hydrogen-bond acceptors (Lipinski definition) is 3. The zero-order valence-electron chi connectivity index (χ0n) is 19.2. The van der Waals surface area contributed by atoms with Crippen molar-refractivity contribution in [1.82, 2.24) is 5.32 Å². The van der Waals surface area contributed by atoms with E-state index >= 15 is 0 Å². The van der Waals surface area contributed by atoms with Crippen LogP contribution >= 0.6 is 12.4 Å². The number of carbonyl (C=O) groups is 1. The van der Waals surface area contributed by atoms with Gasteiger partial charge in [-0.15, -0.1) is 12.4 Å². The van der Waals surface area contributed by atoms with E-state index in [-0.39, 0.29) is 30.1 Å². The number of methoxy groups -OCH3 is 1. The molecule has 0 spiro atoms. The van der Waals surface area contributed by atoms with E-state index in [0.29, 0.717) is 5.56 Å². The smallest absolute Gasteiger partial charge is 0.335 e. The summed E-state index contributed by atoms with van der Waals surface area (Å²) < 4.78 is 20.3. The Labute approximate surface area is 204 Å². The van der Waals surface area contributed by atoms with Crippen molar-refractivity contribution in [2.75, 3.05) is 7.11 Å². The monoisotopic (exact) mass is 479 g/mol. The number of halogens is 2. The fourth-order valence-corrected chi connectivity index (χ4v) is 4.15. The van der Waals surface area contributed by atoms with Gasteiger partial charge in [-0.2, -0.15) is 0 Å². The molecule has 6 heteroatoms. The third-order valence-corrected chi connectivity index (χ3v) is 5.98. The van der Waals surface area contributed by atoms with Gasteiger partial charge in [0.05, 0.1) is 12.7 Å². The van der Waals surface area contributed by atoms with E-state index in [4.69, 9.17) is 4.74 Å². The summed E-state index contributed by atoms with van der Waals surface area (Å²) in [7, 11) is 1.65. The predicted octanol–water partition coefficient (Wildman–Crippen LogP) is 7.19. The number of nitrogens with one attached hydrogen (secondary N) is 1. The van der Waals surface area contributed by atoms with Gasteiger partial charge < -0.3 is 15.2 Å². The minimum absolute atomic E-state index is 0. The molecular formula is C28H27ClFNO3. The van der Waals surface area contributed by atoms with Crippen molar-refractivity contribution in [3.8, 4) is 16.9 Å². The van der Waals surface area contributed by atoms with Gasteiger partial charge in [-0.1, -0.05) is 42.5 Å². The molecule has 4 rings (SSSR count). The van der Waals surface area contributed by atoms with E-state index in [9.17, 15) is 14.3 Å². The lowest BCUT2D eigenvalue weighted by Crippen LogP contribution is -2.22. The van der Waals surface area contributed by atoms with Gasteiger partial charge in [0, 0.05) is 17.6 Å². The topological polar surface area (TPSA) is 58.6 Å². The minimum atomic E-state index is -1.15. The van der Waals surface area contributed by atoms with Crippen LogP contribution in [0.3, 0.4) is 0 Å². The average Bonchev–Trinajstić information content (AvgIpc) is 2.83. The molecule has 4 aromatic carbocycles. The minimum Gasteiger partial charge on any atom is -0.497 e. The molecule has 0 heterocycles. The molecule has 0 aliphatic heterocycles. The fraction of sp³-hybridized carbons (Fsp3) is 0.179. The molecule has 0 saturated carbocycles. The van der Waals surface area contributed by atoms with Gasteiger partial charge in [-0.05, 0) is 77.7 Å².